The molecule has 5 heteroatoms. The summed E-state index contributed by atoms with van der Waals surface area (Å²) in [5, 5.41) is 5.51. The lowest BCUT2D eigenvalue weighted by Crippen LogP contribution is -2.34. The molecular weight excluding hydrogens is 293 g/mol. The van der Waals surface area contributed by atoms with Crippen LogP contribution in [-0.2, 0) is 13.1 Å². The Labute approximate surface area is 136 Å². The van der Waals surface area contributed by atoms with Gasteiger partial charge in [0.1, 0.15) is 5.82 Å². The van der Waals surface area contributed by atoms with Crippen molar-refractivity contribution in [2.24, 2.45) is 0 Å². The maximum Gasteiger partial charge on any atom is 0.315 e. The first-order valence-electron chi connectivity index (χ1n) is 7.48. The van der Waals surface area contributed by atoms with E-state index in [2.05, 4.69) is 10.6 Å². The van der Waals surface area contributed by atoms with Crippen molar-refractivity contribution >= 4 is 11.7 Å². The van der Waals surface area contributed by atoms with Gasteiger partial charge in [-0.2, -0.15) is 0 Å². The van der Waals surface area contributed by atoms with Gasteiger partial charge in [-0.15, -0.1) is 0 Å². The molecule has 0 aliphatic heterocycles. The standard InChI is InChI=1S/C18H22FN3O/c1-13-4-5-15(10-17(13)19)12-21-18(23)20-11-14-6-8-16(9-7-14)22(2)3/h4-10H,11-12H2,1-3H3,(H2,20,21,23). The number of nitrogens with zero attached hydrogens (tertiary/aromatic N) is 1. The minimum Gasteiger partial charge on any atom is -0.378 e. The number of urea groups is 1. The van der Waals surface area contributed by atoms with Gasteiger partial charge < -0.3 is 15.5 Å². The fourth-order valence-corrected chi connectivity index (χ4v) is 2.09. The minimum absolute atomic E-state index is 0.259. The lowest BCUT2D eigenvalue weighted by Gasteiger charge is -2.13. The number of benzene rings is 2. The fraction of sp³-hybridized carbons (Fsp3) is 0.278. The van der Waals surface area contributed by atoms with E-state index in [1.165, 1.54) is 6.07 Å². The summed E-state index contributed by atoms with van der Waals surface area (Å²) in [6.07, 6.45) is 0. The molecule has 0 atom stereocenters. The van der Waals surface area contributed by atoms with E-state index < -0.39 is 0 Å². The Morgan fingerprint density at radius 1 is 1.00 bits per heavy atom. The Kier molecular flexibility index (Phi) is 5.57. The number of carbonyl (C=O) groups excluding carboxylic acids is 1. The van der Waals surface area contributed by atoms with E-state index in [1.54, 1.807) is 19.1 Å². The lowest BCUT2D eigenvalue weighted by molar-refractivity contribution is 0.240. The second-order valence-electron chi connectivity index (χ2n) is 5.68. The third kappa shape index (κ3) is 4.98. The average molecular weight is 315 g/mol. The van der Waals surface area contributed by atoms with Crippen molar-refractivity contribution in [3.05, 3.63) is 65.0 Å². The van der Waals surface area contributed by atoms with Gasteiger partial charge >= 0.3 is 6.03 Å². The normalized spacial score (nSPS) is 10.3. The molecule has 0 spiro atoms. The summed E-state index contributed by atoms with van der Waals surface area (Å²) in [5.41, 5.74) is 3.46. The largest absolute Gasteiger partial charge is 0.378 e. The number of rotatable bonds is 5. The van der Waals surface area contributed by atoms with E-state index in [0.29, 0.717) is 18.7 Å². The van der Waals surface area contributed by atoms with Crippen LogP contribution >= 0.6 is 0 Å². The molecule has 2 amide bonds. The number of hydrogen-bond acceptors (Lipinski definition) is 2. The highest BCUT2D eigenvalue weighted by Gasteiger charge is 2.03. The van der Waals surface area contributed by atoms with Crippen molar-refractivity contribution in [1.82, 2.24) is 10.6 Å². The predicted octanol–water partition coefficient (Wildman–Crippen LogP) is 3.20. The van der Waals surface area contributed by atoms with Crippen molar-refractivity contribution in [2.75, 3.05) is 19.0 Å². The second kappa shape index (κ2) is 7.63. The van der Waals surface area contributed by atoms with Crippen molar-refractivity contribution in [3.63, 3.8) is 0 Å². The van der Waals surface area contributed by atoms with Crippen molar-refractivity contribution in [2.45, 2.75) is 20.0 Å². The van der Waals surface area contributed by atoms with Gasteiger partial charge in [0.25, 0.3) is 0 Å². The average Bonchev–Trinajstić information content (AvgIpc) is 2.54. The molecule has 0 saturated heterocycles. The molecule has 2 rings (SSSR count). The van der Waals surface area contributed by atoms with E-state index in [9.17, 15) is 9.18 Å². The van der Waals surface area contributed by atoms with Gasteiger partial charge in [-0.25, -0.2) is 9.18 Å². The molecule has 4 nitrogen and oxygen atoms in total. The highest BCUT2D eigenvalue weighted by molar-refractivity contribution is 5.73. The van der Waals surface area contributed by atoms with Crippen LogP contribution in [0, 0.1) is 12.7 Å². The topological polar surface area (TPSA) is 44.4 Å². The van der Waals surface area contributed by atoms with Crippen LogP contribution in [0.3, 0.4) is 0 Å². The van der Waals surface area contributed by atoms with Gasteiger partial charge in [-0.1, -0.05) is 24.3 Å². The maximum absolute atomic E-state index is 13.4. The Morgan fingerprint density at radius 3 is 2.13 bits per heavy atom. The fourth-order valence-electron chi connectivity index (χ4n) is 2.09. The first-order valence-corrected chi connectivity index (χ1v) is 7.48. The molecule has 2 N–H and O–H groups in total. The summed E-state index contributed by atoms with van der Waals surface area (Å²) in [6, 6.07) is 12.6. The third-order valence-corrected chi connectivity index (χ3v) is 3.60. The maximum atomic E-state index is 13.4. The molecule has 0 aliphatic carbocycles. The Bertz CT molecular complexity index is 668. The number of halogens is 1. The monoisotopic (exact) mass is 315 g/mol. The van der Waals surface area contributed by atoms with Crippen LogP contribution in [0.25, 0.3) is 0 Å². The number of nitrogens with one attached hydrogen (secondary N) is 2. The van der Waals surface area contributed by atoms with Gasteiger partial charge in [0.2, 0.25) is 0 Å². The van der Waals surface area contributed by atoms with Crippen LogP contribution in [0.15, 0.2) is 42.5 Å². The van der Waals surface area contributed by atoms with Crippen molar-refractivity contribution < 1.29 is 9.18 Å². The molecule has 2 aromatic rings. The second-order valence-corrected chi connectivity index (χ2v) is 5.68. The summed E-state index contributed by atoms with van der Waals surface area (Å²) in [7, 11) is 3.96. The SMILES string of the molecule is Cc1ccc(CNC(=O)NCc2ccc(N(C)C)cc2)cc1F. The van der Waals surface area contributed by atoms with Gasteiger partial charge in [0.15, 0.2) is 0 Å². The van der Waals surface area contributed by atoms with Gasteiger partial charge in [0.05, 0.1) is 0 Å². The summed E-state index contributed by atoms with van der Waals surface area (Å²) < 4.78 is 13.4. The Morgan fingerprint density at radius 2 is 1.57 bits per heavy atom. The lowest BCUT2D eigenvalue weighted by atomic mass is 10.1. The van der Waals surface area contributed by atoms with E-state index in [4.69, 9.17) is 0 Å². The summed E-state index contributed by atoms with van der Waals surface area (Å²) >= 11 is 0. The molecule has 0 unspecified atom stereocenters. The molecule has 0 bridgehead atoms. The van der Waals surface area contributed by atoms with E-state index >= 15 is 0 Å². The van der Waals surface area contributed by atoms with Crippen LogP contribution in [-0.4, -0.2) is 20.1 Å². The minimum atomic E-state index is -0.275. The zero-order valence-electron chi connectivity index (χ0n) is 13.7. The summed E-state index contributed by atoms with van der Waals surface area (Å²) in [4.78, 5) is 13.8. The quantitative estimate of drug-likeness (QED) is 0.890. The summed E-state index contributed by atoms with van der Waals surface area (Å²) in [5.74, 6) is -0.259. The number of hydrogen-bond donors (Lipinski definition) is 2. The van der Waals surface area contributed by atoms with Crippen molar-refractivity contribution in [1.29, 1.82) is 0 Å². The first kappa shape index (κ1) is 16.8. The zero-order chi connectivity index (χ0) is 16.8. The van der Waals surface area contributed by atoms with Crippen LogP contribution < -0.4 is 15.5 Å². The molecule has 0 radical (unpaired) electrons. The van der Waals surface area contributed by atoms with Gasteiger partial charge in [0, 0.05) is 32.9 Å². The summed E-state index contributed by atoms with van der Waals surface area (Å²) in [6.45, 7) is 2.45. The van der Waals surface area contributed by atoms with Gasteiger partial charge in [-0.05, 0) is 41.8 Å². The van der Waals surface area contributed by atoms with E-state index in [-0.39, 0.29) is 11.8 Å². The molecule has 122 valence electrons. The van der Waals surface area contributed by atoms with E-state index in [1.807, 2.05) is 43.3 Å². The molecule has 23 heavy (non-hydrogen) atoms. The number of amides is 2. The first-order chi connectivity index (χ1) is 11.0. The van der Waals surface area contributed by atoms with Crippen LogP contribution in [0.2, 0.25) is 0 Å². The zero-order valence-corrected chi connectivity index (χ0v) is 13.7. The highest BCUT2D eigenvalue weighted by atomic mass is 19.1. The Balaban J connectivity index is 1.79. The highest BCUT2D eigenvalue weighted by Crippen LogP contribution is 2.12. The predicted molar refractivity (Wildman–Crippen MR) is 91.0 cm³/mol. The van der Waals surface area contributed by atoms with E-state index in [0.717, 1.165) is 16.8 Å². The smallest absolute Gasteiger partial charge is 0.315 e. The number of anilines is 1. The molecule has 0 saturated carbocycles. The van der Waals surface area contributed by atoms with Crippen molar-refractivity contribution in [3.8, 4) is 0 Å². The third-order valence-electron chi connectivity index (χ3n) is 3.60. The Hall–Kier alpha value is -2.56. The van der Waals surface area contributed by atoms with Crippen LogP contribution in [0.5, 0.6) is 0 Å². The molecule has 0 aliphatic rings. The van der Waals surface area contributed by atoms with Crippen LogP contribution in [0.1, 0.15) is 16.7 Å². The molecule has 0 heterocycles. The molecule has 0 aromatic heterocycles. The molecule has 2 aromatic carbocycles. The molecular formula is C18H22FN3O. The molecule has 0 fully saturated rings. The van der Waals surface area contributed by atoms with Gasteiger partial charge in [-0.3, -0.25) is 0 Å². The van der Waals surface area contributed by atoms with Crippen LogP contribution in [0.4, 0.5) is 14.9 Å². The number of aryl methyl sites for hydroxylation is 1. The number of carbonyl (C=O) groups is 1.